The number of aromatic nitrogens is 2. The van der Waals surface area contributed by atoms with E-state index in [1.165, 1.54) is 18.2 Å². The van der Waals surface area contributed by atoms with Crippen LogP contribution < -0.4 is 5.32 Å². The summed E-state index contributed by atoms with van der Waals surface area (Å²) in [6, 6.07) is 16.7. The van der Waals surface area contributed by atoms with Crippen LogP contribution in [0.2, 0.25) is 0 Å². The number of nitrogens with zero attached hydrogens (tertiary/aromatic N) is 4. The van der Waals surface area contributed by atoms with Crippen LogP contribution >= 0.6 is 11.3 Å². The first kappa shape index (κ1) is 29.5. The maximum atomic E-state index is 13.5. The number of nitrogens with one attached hydrogen (secondary N) is 1. The zero-order valence-corrected chi connectivity index (χ0v) is 24.0. The fraction of sp³-hybridized carbons (Fsp3) is 0.281. The lowest BCUT2D eigenvalue weighted by Gasteiger charge is -2.38. The molecule has 0 unspecified atom stereocenters. The average molecular weight is 592 g/mol. The summed E-state index contributed by atoms with van der Waals surface area (Å²) in [4.78, 5) is 26.4. The summed E-state index contributed by atoms with van der Waals surface area (Å²) in [5.41, 5.74) is 3.62. The van der Waals surface area contributed by atoms with Crippen molar-refractivity contribution in [2.45, 2.75) is 45.1 Å². The van der Waals surface area contributed by atoms with Gasteiger partial charge in [0.2, 0.25) is 5.91 Å². The molecule has 1 N–H and O–H groups in total. The van der Waals surface area contributed by atoms with Crippen LogP contribution in [0.1, 0.15) is 40.2 Å². The van der Waals surface area contributed by atoms with E-state index in [1.807, 2.05) is 59.8 Å². The van der Waals surface area contributed by atoms with Crippen molar-refractivity contribution in [3.05, 3.63) is 112 Å². The fourth-order valence-electron chi connectivity index (χ4n) is 5.03. The minimum Gasteiger partial charge on any atom is -0.355 e. The minimum atomic E-state index is -4.40. The maximum Gasteiger partial charge on any atom is 0.416 e. The summed E-state index contributed by atoms with van der Waals surface area (Å²) in [5.74, 6) is -0.164. The Kier molecular flexibility index (Phi) is 9.34. The number of thiazole rings is 1. The summed E-state index contributed by atoms with van der Waals surface area (Å²) in [6.07, 6.45) is 3.87. The van der Waals surface area contributed by atoms with E-state index in [2.05, 4.69) is 20.2 Å². The summed E-state index contributed by atoms with van der Waals surface area (Å²) in [5, 5.41) is 6.43. The van der Waals surface area contributed by atoms with Crippen LogP contribution in [0.15, 0.2) is 84.5 Å². The normalized spacial score (nSPS) is 14.8. The highest BCUT2D eigenvalue weighted by atomic mass is 32.1. The number of benzene rings is 2. The van der Waals surface area contributed by atoms with Crippen molar-refractivity contribution < 1.29 is 18.0 Å². The molecule has 0 spiro atoms. The van der Waals surface area contributed by atoms with Crippen LogP contribution in [-0.4, -0.2) is 44.8 Å². The van der Waals surface area contributed by atoms with Crippen LogP contribution in [0.5, 0.6) is 0 Å². The molecule has 2 aromatic carbocycles. The number of pyridine rings is 1. The molecule has 0 saturated carbocycles. The number of aryl methyl sites for hydroxylation is 1. The van der Waals surface area contributed by atoms with E-state index in [9.17, 15) is 18.0 Å². The van der Waals surface area contributed by atoms with E-state index in [0.29, 0.717) is 12.1 Å². The average Bonchev–Trinajstić information content (AvgIpc) is 3.49. The monoisotopic (exact) mass is 591 g/mol. The van der Waals surface area contributed by atoms with Gasteiger partial charge < -0.3 is 10.2 Å². The highest BCUT2D eigenvalue weighted by molar-refractivity contribution is 7.09. The zero-order chi connectivity index (χ0) is 29.5. The van der Waals surface area contributed by atoms with Crippen molar-refractivity contribution >= 4 is 34.7 Å². The van der Waals surface area contributed by atoms with Gasteiger partial charge in [0.15, 0.2) is 0 Å². The van der Waals surface area contributed by atoms with Crippen molar-refractivity contribution in [2.24, 2.45) is 0 Å². The number of carbonyl (C=O) groups excluding carboxylic acids is 1. The lowest BCUT2D eigenvalue weighted by molar-refractivity contribution is -0.137. The summed E-state index contributed by atoms with van der Waals surface area (Å²) in [6.45, 7) is 4.88. The molecule has 1 fully saturated rings. The third-order valence-corrected chi connectivity index (χ3v) is 8.04. The minimum absolute atomic E-state index is 0.0416. The Bertz CT molecular complexity index is 1480. The van der Waals surface area contributed by atoms with E-state index in [4.69, 9.17) is 0 Å². The number of halogens is 3. The number of likely N-dealkylation sites (tertiary alicyclic amines) is 1. The molecule has 4 aromatic rings. The molecule has 0 bridgehead atoms. The number of alkyl halides is 3. The van der Waals surface area contributed by atoms with Gasteiger partial charge in [-0.3, -0.25) is 14.7 Å². The van der Waals surface area contributed by atoms with Gasteiger partial charge in [-0.25, -0.2) is 4.98 Å². The molecule has 2 aromatic heterocycles. The molecule has 1 aliphatic rings. The molecule has 42 heavy (non-hydrogen) atoms. The third kappa shape index (κ3) is 8.04. The second-order valence-corrected chi connectivity index (χ2v) is 11.3. The first-order valence-electron chi connectivity index (χ1n) is 13.8. The first-order chi connectivity index (χ1) is 20.2. The zero-order valence-electron chi connectivity index (χ0n) is 23.2. The van der Waals surface area contributed by atoms with Gasteiger partial charge in [-0.1, -0.05) is 24.3 Å². The molecule has 0 radical (unpaired) electrons. The van der Waals surface area contributed by atoms with Crippen LogP contribution in [0.4, 0.5) is 24.5 Å². The van der Waals surface area contributed by atoms with Gasteiger partial charge in [0.05, 0.1) is 12.1 Å². The highest BCUT2D eigenvalue weighted by Crippen LogP contribution is 2.29. The smallest absolute Gasteiger partial charge is 0.355 e. The molecule has 5 rings (SSSR count). The van der Waals surface area contributed by atoms with Crippen molar-refractivity contribution in [1.29, 1.82) is 0 Å². The Balaban J connectivity index is 1.28. The molecule has 1 saturated heterocycles. The van der Waals surface area contributed by atoms with Gasteiger partial charge in [-0.2, -0.15) is 13.2 Å². The van der Waals surface area contributed by atoms with E-state index >= 15 is 0 Å². The van der Waals surface area contributed by atoms with Gasteiger partial charge in [0.25, 0.3) is 0 Å². The Morgan fingerprint density at radius 1 is 1.02 bits per heavy atom. The van der Waals surface area contributed by atoms with Crippen LogP contribution in [0.3, 0.4) is 0 Å². The van der Waals surface area contributed by atoms with Crippen molar-refractivity contribution in [3.63, 3.8) is 0 Å². The van der Waals surface area contributed by atoms with Gasteiger partial charge >= 0.3 is 6.18 Å². The first-order valence-corrected chi connectivity index (χ1v) is 14.7. The second-order valence-electron chi connectivity index (χ2n) is 10.4. The van der Waals surface area contributed by atoms with Gasteiger partial charge in [0.1, 0.15) is 5.01 Å². The molecule has 218 valence electrons. The van der Waals surface area contributed by atoms with Crippen LogP contribution in [-0.2, 0) is 24.1 Å². The van der Waals surface area contributed by atoms with E-state index in [1.54, 1.807) is 23.6 Å². The molecular formula is C32H32F3N5OS. The van der Waals surface area contributed by atoms with Gasteiger partial charge in [-0.15, -0.1) is 11.3 Å². The number of piperidine rings is 1. The number of anilines is 2. The SMILES string of the molecule is Cc1cc(Nc2ccc(CN(C(=O)C=Cc3ccc(C(F)(F)F)cc3)C3CCN(Cc4nccs4)CC3)cc2)ccn1. The number of carbonyl (C=O) groups is 1. The van der Waals surface area contributed by atoms with Gasteiger partial charge in [0, 0.05) is 66.6 Å². The maximum absolute atomic E-state index is 13.5. The Labute approximate surface area is 247 Å². The number of hydrogen-bond acceptors (Lipinski definition) is 6. The predicted octanol–water partition coefficient (Wildman–Crippen LogP) is 7.32. The quantitative estimate of drug-likeness (QED) is 0.207. The summed E-state index contributed by atoms with van der Waals surface area (Å²) < 4.78 is 38.8. The molecule has 3 heterocycles. The standard InChI is InChI=1S/C32H32F3N5OS/c1-23-20-28(12-15-36-23)38-27-9-4-25(5-10-27)21-40(29-13-17-39(18-14-29)22-30-37-16-19-42-30)31(41)11-6-24-2-7-26(8-3-24)32(33,34)35/h2-12,15-16,19-20,29H,13-14,17-18,21-22H2,1H3,(H,36,38). The van der Waals surface area contributed by atoms with E-state index in [0.717, 1.165) is 72.2 Å². The van der Waals surface area contributed by atoms with E-state index in [-0.39, 0.29) is 11.9 Å². The Morgan fingerprint density at radius 3 is 2.40 bits per heavy atom. The van der Waals surface area contributed by atoms with E-state index < -0.39 is 11.7 Å². The number of hydrogen-bond donors (Lipinski definition) is 1. The molecule has 0 atom stereocenters. The predicted molar refractivity (Wildman–Crippen MR) is 160 cm³/mol. The molecular weight excluding hydrogens is 559 g/mol. The summed E-state index contributed by atoms with van der Waals surface area (Å²) >= 11 is 1.64. The lowest BCUT2D eigenvalue weighted by atomic mass is 10.0. The molecule has 1 aliphatic heterocycles. The molecule has 0 aliphatic carbocycles. The van der Waals surface area contributed by atoms with Crippen molar-refractivity contribution in [2.75, 3.05) is 18.4 Å². The fourth-order valence-corrected chi connectivity index (χ4v) is 5.68. The molecule has 10 heteroatoms. The number of amides is 1. The van der Waals surface area contributed by atoms with Crippen molar-refractivity contribution in [3.8, 4) is 0 Å². The van der Waals surface area contributed by atoms with Crippen LogP contribution in [0, 0.1) is 6.92 Å². The third-order valence-electron chi connectivity index (χ3n) is 7.27. The number of rotatable bonds is 9. The highest BCUT2D eigenvalue weighted by Gasteiger charge is 2.30. The van der Waals surface area contributed by atoms with Gasteiger partial charge in [-0.05, 0) is 73.4 Å². The molecule has 6 nitrogen and oxygen atoms in total. The Morgan fingerprint density at radius 2 is 1.76 bits per heavy atom. The summed E-state index contributed by atoms with van der Waals surface area (Å²) in [7, 11) is 0. The topological polar surface area (TPSA) is 61.4 Å². The lowest BCUT2D eigenvalue weighted by Crippen LogP contribution is -2.46. The second kappa shape index (κ2) is 13.3. The Hall–Kier alpha value is -4.02. The van der Waals surface area contributed by atoms with Crippen molar-refractivity contribution in [1.82, 2.24) is 19.8 Å². The largest absolute Gasteiger partial charge is 0.416 e. The van der Waals surface area contributed by atoms with Crippen LogP contribution in [0.25, 0.3) is 6.08 Å². The molecule has 1 amide bonds.